The number of nitrogens with one attached hydrogen (secondary N) is 1. The summed E-state index contributed by atoms with van der Waals surface area (Å²) in [5, 5.41) is 11.5. The summed E-state index contributed by atoms with van der Waals surface area (Å²) in [6, 6.07) is 14.9. The average molecular weight is 369 g/mol. The number of ether oxygens (including phenoxy) is 2. The van der Waals surface area contributed by atoms with E-state index in [9.17, 15) is 9.59 Å². The van der Waals surface area contributed by atoms with Gasteiger partial charge in [0.1, 0.15) is 0 Å². The molecule has 0 heterocycles. The van der Waals surface area contributed by atoms with E-state index in [1.54, 1.807) is 18.2 Å². The normalized spacial score (nSPS) is 10.6. The molecule has 0 radical (unpaired) electrons. The number of carboxylic acids is 1. The number of aliphatic carboxylic acids is 1. The van der Waals surface area contributed by atoms with Gasteiger partial charge in [0.05, 0.1) is 6.61 Å². The molecule has 0 aliphatic heterocycles. The molecule has 0 unspecified atom stereocenters. The fraction of sp³-hybridized carbons (Fsp3) is 0.238. The Hall–Kier alpha value is -3.28. The van der Waals surface area contributed by atoms with Crippen molar-refractivity contribution in [3.05, 3.63) is 65.7 Å². The first-order valence-corrected chi connectivity index (χ1v) is 8.69. The van der Waals surface area contributed by atoms with E-state index in [4.69, 9.17) is 14.6 Å². The van der Waals surface area contributed by atoms with Crippen molar-refractivity contribution in [2.75, 3.05) is 19.8 Å². The van der Waals surface area contributed by atoms with Crippen molar-refractivity contribution >= 4 is 18.0 Å². The third-order valence-corrected chi connectivity index (χ3v) is 3.62. The summed E-state index contributed by atoms with van der Waals surface area (Å²) in [6.45, 7) is 2.66. The van der Waals surface area contributed by atoms with Crippen molar-refractivity contribution in [3.63, 3.8) is 0 Å². The quantitative estimate of drug-likeness (QED) is 0.629. The molecule has 0 aliphatic carbocycles. The number of amides is 1. The van der Waals surface area contributed by atoms with Gasteiger partial charge in [-0.1, -0.05) is 36.4 Å². The van der Waals surface area contributed by atoms with E-state index in [1.807, 2.05) is 37.3 Å². The highest BCUT2D eigenvalue weighted by atomic mass is 16.5. The Morgan fingerprint density at radius 1 is 1.07 bits per heavy atom. The van der Waals surface area contributed by atoms with Crippen LogP contribution in [0.1, 0.15) is 18.1 Å². The topological polar surface area (TPSA) is 84.9 Å². The summed E-state index contributed by atoms with van der Waals surface area (Å²) in [4.78, 5) is 22.6. The summed E-state index contributed by atoms with van der Waals surface area (Å²) in [5.74, 6) is -0.353. The first kappa shape index (κ1) is 20.0. The van der Waals surface area contributed by atoms with Crippen molar-refractivity contribution in [2.24, 2.45) is 0 Å². The van der Waals surface area contributed by atoms with Crippen molar-refractivity contribution in [2.45, 2.75) is 13.3 Å². The van der Waals surface area contributed by atoms with Gasteiger partial charge in [-0.05, 0) is 42.7 Å². The van der Waals surface area contributed by atoms with Crippen molar-refractivity contribution in [1.82, 2.24) is 5.32 Å². The van der Waals surface area contributed by atoms with Gasteiger partial charge in [-0.15, -0.1) is 0 Å². The van der Waals surface area contributed by atoms with Crippen molar-refractivity contribution in [1.29, 1.82) is 0 Å². The standard InChI is InChI=1S/C21H23NO5/c1-2-26-19-14-17(9-11-21(24)25)8-10-18(19)27-15-20(23)22-13-12-16-6-4-3-5-7-16/h3-11,14H,2,12-13,15H2,1H3,(H,22,23)(H,24,25)/b11-9+. The predicted octanol–water partition coefficient (Wildman–Crippen LogP) is 2.92. The predicted molar refractivity (Wildman–Crippen MR) is 103 cm³/mol. The molecular weight excluding hydrogens is 346 g/mol. The largest absolute Gasteiger partial charge is 0.490 e. The summed E-state index contributed by atoms with van der Waals surface area (Å²) in [5.41, 5.74) is 1.82. The minimum Gasteiger partial charge on any atom is -0.490 e. The molecule has 2 rings (SSSR count). The van der Waals surface area contributed by atoms with Crippen LogP contribution < -0.4 is 14.8 Å². The van der Waals surface area contributed by atoms with Gasteiger partial charge in [0.15, 0.2) is 18.1 Å². The number of hydrogen-bond acceptors (Lipinski definition) is 4. The summed E-state index contributed by atoms with van der Waals surface area (Å²) < 4.78 is 11.1. The molecule has 0 bridgehead atoms. The lowest BCUT2D eigenvalue weighted by Crippen LogP contribution is -2.30. The summed E-state index contributed by atoms with van der Waals surface area (Å²) in [7, 11) is 0. The van der Waals surface area contributed by atoms with Crippen LogP contribution in [0.3, 0.4) is 0 Å². The number of hydrogen-bond donors (Lipinski definition) is 2. The minimum atomic E-state index is -1.03. The Balaban J connectivity index is 1.87. The lowest BCUT2D eigenvalue weighted by Gasteiger charge is -2.12. The summed E-state index contributed by atoms with van der Waals surface area (Å²) in [6.07, 6.45) is 3.26. The second-order valence-corrected chi connectivity index (χ2v) is 5.68. The van der Waals surface area contributed by atoms with E-state index in [-0.39, 0.29) is 12.5 Å². The van der Waals surface area contributed by atoms with E-state index in [0.29, 0.717) is 30.2 Å². The molecule has 27 heavy (non-hydrogen) atoms. The van der Waals surface area contributed by atoms with Crippen LogP contribution in [0.25, 0.3) is 6.08 Å². The average Bonchev–Trinajstić information content (AvgIpc) is 2.66. The lowest BCUT2D eigenvalue weighted by atomic mass is 10.1. The highest BCUT2D eigenvalue weighted by Gasteiger charge is 2.09. The SMILES string of the molecule is CCOc1cc(/C=C/C(=O)O)ccc1OCC(=O)NCCc1ccccc1. The monoisotopic (exact) mass is 369 g/mol. The van der Waals surface area contributed by atoms with Crippen LogP contribution in [0.2, 0.25) is 0 Å². The van der Waals surface area contributed by atoms with Gasteiger partial charge in [0.2, 0.25) is 0 Å². The Morgan fingerprint density at radius 2 is 1.85 bits per heavy atom. The van der Waals surface area contributed by atoms with Crippen molar-refractivity contribution < 1.29 is 24.2 Å². The van der Waals surface area contributed by atoms with E-state index >= 15 is 0 Å². The molecule has 2 aromatic carbocycles. The highest BCUT2D eigenvalue weighted by molar-refractivity contribution is 5.85. The van der Waals surface area contributed by atoms with Crippen LogP contribution in [-0.4, -0.2) is 36.7 Å². The molecule has 6 nitrogen and oxygen atoms in total. The lowest BCUT2D eigenvalue weighted by molar-refractivity contribution is -0.131. The maximum atomic E-state index is 12.0. The van der Waals surface area contributed by atoms with Crippen LogP contribution >= 0.6 is 0 Å². The highest BCUT2D eigenvalue weighted by Crippen LogP contribution is 2.29. The zero-order valence-electron chi connectivity index (χ0n) is 15.2. The second kappa shape index (κ2) is 10.7. The van der Waals surface area contributed by atoms with Crippen molar-refractivity contribution in [3.8, 4) is 11.5 Å². The number of carbonyl (C=O) groups excluding carboxylic acids is 1. The molecule has 2 aromatic rings. The van der Waals surface area contributed by atoms with Gasteiger partial charge in [-0.3, -0.25) is 4.79 Å². The molecule has 0 saturated heterocycles. The number of carbonyl (C=O) groups is 2. The van der Waals surface area contributed by atoms with Gasteiger partial charge < -0.3 is 19.9 Å². The van der Waals surface area contributed by atoms with Crippen LogP contribution in [-0.2, 0) is 16.0 Å². The second-order valence-electron chi connectivity index (χ2n) is 5.68. The Kier molecular flexibility index (Phi) is 7.91. The summed E-state index contributed by atoms with van der Waals surface area (Å²) >= 11 is 0. The molecule has 0 aliphatic rings. The Bertz CT molecular complexity index is 786. The van der Waals surface area contributed by atoms with Gasteiger partial charge in [-0.25, -0.2) is 4.79 Å². The maximum absolute atomic E-state index is 12.0. The third-order valence-electron chi connectivity index (χ3n) is 3.62. The van der Waals surface area contributed by atoms with Crippen LogP contribution in [0, 0.1) is 0 Å². The first-order chi connectivity index (χ1) is 13.1. The van der Waals surface area contributed by atoms with Gasteiger partial charge in [0, 0.05) is 12.6 Å². The first-order valence-electron chi connectivity index (χ1n) is 8.69. The zero-order chi connectivity index (χ0) is 19.5. The van der Waals surface area contributed by atoms with Crippen LogP contribution in [0.5, 0.6) is 11.5 Å². The molecule has 1 amide bonds. The van der Waals surface area contributed by atoms with E-state index in [2.05, 4.69) is 5.32 Å². The van der Waals surface area contributed by atoms with Gasteiger partial charge in [-0.2, -0.15) is 0 Å². The maximum Gasteiger partial charge on any atom is 0.328 e. The molecule has 0 aromatic heterocycles. The van der Waals surface area contributed by atoms with Crippen LogP contribution in [0.4, 0.5) is 0 Å². The molecule has 2 N–H and O–H groups in total. The number of benzene rings is 2. The number of rotatable bonds is 10. The number of carboxylic acid groups (broad SMARTS) is 1. The van der Waals surface area contributed by atoms with E-state index in [0.717, 1.165) is 18.1 Å². The Labute approximate surface area is 158 Å². The zero-order valence-corrected chi connectivity index (χ0v) is 15.2. The molecular formula is C21H23NO5. The molecule has 0 spiro atoms. The fourth-order valence-electron chi connectivity index (χ4n) is 2.37. The fourth-order valence-corrected chi connectivity index (χ4v) is 2.37. The molecule has 0 atom stereocenters. The van der Waals surface area contributed by atoms with Crippen LogP contribution in [0.15, 0.2) is 54.6 Å². The molecule has 142 valence electrons. The minimum absolute atomic E-state index is 0.126. The van der Waals surface area contributed by atoms with Gasteiger partial charge >= 0.3 is 5.97 Å². The molecule has 0 fully saturated rings. The van der Waals surface area contributed by atoms with E-state index in [1.165, 1.54) is 6.08 Å². The Morgan fingerprint density at radius 3 is 2.56 bits per heavy atom. The molecule has 6 heteroatoms. The third kappa shape index (κ3) is 7.23. The molecule has 0 saturated carbocycles. The van der Waals surface area contributed by atoms with Gasteiger partial charge in [0.25, 0.3) is 5.91 Å². The van der Waals surface area contributed by atoms with E-state index < -0.39 is 5.97 Å². The smallest absolute Gasteiger partial charge is 0.328 e.